The maximum absolute atomic E-state index is 12.0. The van der Waals surface area contributed by atoms with Crippen LogP contribution in [0, 0.1) is 5.41 Å². The molecule has 0 atom stereocenters. The van der Waals surface area contributed by atoms with Crippen LogP contribution in [0.5, 0.6) is 0 Å². The molecule has 0 saturated carbocycles. The first-order chi connectivity index (χ1) is 10.4. The molecule has 0 radical (unpaired) electrons. The van der Waals surface area contributed by atoms with Crippen molar-refractivity contribution in [3.63, 3.8) is 0 Å². The summed E-state index contributed by atoms with van der Waals surface area (Å²) in [6.45, 7) is 3.53. The summed E-state index contributed by atoms with van der Waals surface area (Å²) in [6.07, 6.45) is 5.03. The summed E-state index contributed by atoms with van der Waals surface area (Å²) in [5.74, 6) is -0.692. The lowest BCUT2D eigenvalue weighted by Crippen LogP contribution is -2.31. The van der Waals surface area contributed by atoms with Crippen LogP contribution in [0.3, 0.4) is 0 Å². The summed E-state index contributed by atoms with van der Waals surface area (Å²) >= 11 is 1.19. The Morgan fingerprint density at radius 1 is 1.27 bits per heavy atom. The van der Waals surface area contributed by atoms with Gasteiger partial charge in [0.05, 0.1) is 11.6 Å². The van der Waals surface area contributed by atoms with Crippen molar-refractivity contribution in [3.05, 3.63) is 29.5 Å². The van der Waals surface area contributed by atoms with Gasteiger partial charge in [-0.3, -0.25) is 9.59 Å². The van der Waals surface area contributed by atoms with Crippen LogP contribution in [0.1, 0.15) is 29.9 Å². The highest BCUT2D eigenvalue weighted by Crippen LogP contribution is 2.22. The normalized spacial score (nSPS) is 11.2. The van der Waals surface area contributed by atoms with Crippen LogP contribution in [-0.4, -0.2) is 38.5 Å². The van der Waals surface area contributed by atoms with Gasteiger partial charge in [0.25, 0.3) is 5.91 Å². The summed E-state index contributed by atoms with van der Waals surface area (Å²) in [6, 6.07) is 1.70. The molecule has 2 rings (SSSR count). The van der Waals surface area contributed by atoms with Gasteiger partial charge in [0, 0.05) is 18.9 Å². The predicted octanol–water partition coefficient (Wildman–Crippen LogP) is 1.83. The number of aromatic nitrogens is 3. The molecule has 1 amide bonds. The third kappa shape index (κ3) is 3.85. The van der Waals surface area contributed by atoms with E-state index in [0.717, 1.165) is 0 Å². The molecule has 2 aromatic heterocycles. The van der Waals surface area contributed by atoms with Gasteiger partial charge in [0.2, 0.25) is 0 Å². The zero-order chi connectivity index (χ0) is 16.2. The van der Waals surface area contributed by atoms with E-state index in [-0.39, 0.29) is 12.5 Å². The number of amides is 1. The third-order valence-electron chi connectivity index (χ3n) is 3.10. The van der Waals surface area contributed by atoms with Gasteiger partial charge in [-0.25, -0.2) is 15.0 Å². The number of nitrogens with zero attached hydrogens (tertiary/aromatic N) is 3. The van der Waals surface area contributed by atoms with Crippen molar-refractivity contribution in [1.82, 2.24) is 20.3 Å². The molecule has 8 heteroatoms. The minimum absolute atomic E-state index is 0.277. The molecule has 0 bridgehead atoms. The Morgan fingerprint density at radius 3 is 2.59 bits per heavy atom. The van der Waals surface area contributed by atoms with E-state index in [0.29, 0.717) is 22.1 Å². The van der Waals surface area contributed by atoms with Crippen molar-refractivity contribution in [2.45, 2.75) is 20.3 Å². The van der Waals surface area contributed by atoms with Crippen molar-refractivity contribution in [3.8, 4) is 10.8 Å². The van der Waals surface area contributed by atoms with Gasteiger partial charge < -0.3 is 10.4 Å². The topological polar surface area (TPSA) is 105 Å². The van der Waals surface area contributed by atoms with Gasteiger partial charge in [-0.1, -0.05) is 0 Å². The first-order valence-corrected chi connectivity index (χ1v) is 7.46. The summed E-state index contributed by atoms with van der Waals surface area (Å²) in [4.78, 5) is 35.7. The zero-order valence-electron chi connectivity index (χ0n) is 12.2. The number of nitrogens with one attached hydrogen (secondary N) is 1. The fraction of sp³-hybridized carbons (Fsp3) is 0.357. The highest BCUT2D eigenvalue weighted by atomic mass is 32.1. The Hall–Kier alpha value is -2.35. The van der Waals surface area contributed by atoms with Gasteiger partial charge in [-0.05, 0) is 26.3 Å². The van der Waals surface area contributed by atoms with Crippen molar-refractivity contribution >= 4 is 23.2 Å². The molecular weight excluding hydrogens is 304 g/mol. The zero-order valence-corrected chi connectivity index (χ0v) is 13.1. The lowest BCUT2D eigenvalue weighted by molar-refractivity contribution is -0.147. The highest BCUT2D eigenvalue weighted by molar-refractivity contribution is 7.16. The summed E-state index contributed by atoms with van der Waals surface area (Å²) in [5.41, 5.74) is -0.871. The van der Waals surface area contributed by atoms with Crippen molar-refractivity contribution < 1.29 is 14.7 Å². The van der Waals surface area contributed by atoms with Crippen LogP contribution in [0.2, 0.25) is 0 Å². The van der Waals surface area contributed by atoms with Gasteiger partial charge >= 0.3 is 5.97 Å². The number of carbonyl (C=O) groups excluding carboxylic acids is 1. The Bertz CT molecular complexity index is 670. The van der Waals surface area contributed by atoms with Crippen molar-refractivity contribution in [2.24, 2.45) is 5.41 Å². The molecule has 0 spiro atoms. The van der Waals surface area contributed by atoms with Crippen LogP contribution < -0.4 is 5.32 Å². The summed E-state index contributed by atoms with van der Waals surface area (Å²) < 4.78 is 0. The average Bonchev–Trinajstić information content (AvgIpc) is 2.97. The van der Waals surface area contributed by atoms with Crippen molar-refractivity contribution in [1.29, 1.82) is 0 Å². The van der Waals surface area contributed by atoms with E-state index in [9.17, 15) is 9.59 Å². The quantitative estimate of drug-likeness (QED) is 0.841. The molecule has 0 fully saturated rings. The molecule has 0 aliphatic carbocycles. The van der Waals surface area contributed by atoms with Gasteiger partial charge in [0.1, 0.15) is 4.88 Å². The Labute approximate surface area is 131 Å². The average molecular weight is 320 g/mol. The van der Waals surface area contributed by atoms with Crippen LogP contribution >= 0.6 is 11.3 Å². The Balaban J connectivity index is 1.94. The van der Waals surface area contributed by atoms with E-state index in [1.807, 2.05) is 0 Å². The van der Waals surface area contributed by atoms with Gasteiger partial charge in [0.15, 0.2) is 10.8 Å². The van der Waals surface area contributed by atoms with Crippen LogP contribution in [-0.2, 0) is 4.79 Å². The number of thiazole rings is 1. The standard InChI is InChI=1S/C14H16N4O3S/c1-14(2,13(20)21)4-7-17-11(19)9-8-18-12(22-9)10-15-5-3-6-16-10/h3,5-6,8H,4,7H2,1-2H3,(H,17,19)(H,20,21). The number of carboxylic acids is 1. The summed E-state index contributed by atoms with van der Waals surface area (Å²) in [5, 5.41) is 12.3. The molecule has 116 valence electrons. The third-order valence-corrected chi connectivity index (χ3v) is 4.09. The second-order valence-corrected chi connectivity index (χ2v) is 6.33. The molecule has 0 unspecified atom stereocenters. The first kappa shape index (κ1) is 16.0. The van der Waals surface area contributed by atoms with Crippen LogP contribution in [0.4, 0.5) is 0 Å². The Kier molecular flexibility index (Phi) is 4.81. The minimum atomic E-state index is -0.886. The molecule has 0 aliphatic rings. The number of hydrogen-bond acceptors (Lipinski definition) is 6. The molecule has 2 aromatic rings. The van der Waals surface area contributed by atoms with Crippen LogP contribution in [0.15, 0.2) is 24.7 Å². The van der Waals surface area contributed by atoms with E-state index < -0.39 is 11.4 Å². The lowest BCUT2D eigenvalue weighted by atomic mass is 9.90. The number of carbonyl (C=O) groups is 2. The van der Waals surface area contributed by atoms with E-state index >= 15 is 0 Å². The number of aliphatic carboxylic acids is 1. The lowest BCUT2D eigenvalue weighted by Gasteiger charge is -2.18. The monoisotopic (exact) mass is 320 g/mol. The second-order valence-electron chi connectivity index (χ2n) is 5.30. The molecule has 22 heavy (non-hydrogen) atoms. The summed E-state index contributed by atoms with van der Waals surface area (Å²) in [7, 11) is 0. The number of carboxylic acid groups (broad SMARTS) is 1. The molecule has 2 heterocycles. The fourth-order valence-electron chi connectivity index (χ4n) is 1.57. The first-order valence-electron chi connectivity index (χ1n) is 6.65. The number of rotatable bonds is 6. The van der Waals surface area contributed by atoms with E-state index in [4.69, 9.17) is 5.11 Å². The van der Waals surface area contributed by atoms with Crippen molar-refractivity contribution in [2.75, 3.05) is 6.54 Å². The molecule has 2 N–H and O–H groups in total. The predicted molar refractivity (Wildman–Crippen MR) is 81.5 cm³/mol. The molecule has 0 saturated heterocycles. The number of hydrogen-bond donors (Lipinski definition) is 2. The molecule has 0 aromatic carbocycles. The van der Waals surface area contributed by atoms with E-state index in [2.05, 4.69) is 20.3 Å². The largest absolute Gasteiger partial charge is 0.481 e. The Morgan fingerprint density at radius 2 is 1.95 bits per heavy atom. The minimum Gasteiger partial charge on any atom is -0.481 e. The van der Waals surface area contributed by atoms with Gasteiger partial charge in [-0.2, -0.15) is 0 Å². The smallest absolute Gasteiger partial charge is 0.309 e. The second kappa shape index (κ2) is 6.61. The molecule has 7 nitrogen and oxygen atoms in total. The van der Waals surface area contributed by atoms with E-state index in [1.165, 1.54) is 17.5 Å². The van der Waals surface area contributed by atoms with E-state index in [1.54, 1.807) is 32.3 Å². The van der Waals surface area contributed by atoms with Crippen LogP contribution in [0.25, 0.3) is 10.8 Å². The SMILES string of the molecule is CC(C)(CCNC(=O)c1cnc(-c2ncccn2)s1)C(=O)O. The fourth-order valence-corrected chi connectivity index (χ4v) is 2.36. The molecular formula is C14H16N4O3S. The maximum Gasteiger partial charge on any atom is 0.309 e. The maximum atomic E-state index is 12.0. The van der Waals surface area contributed by atoms with Gasteiger partial charge in [-0.15, -0.1) is 11.3 Å². The highest BCUT2D eigenvalue weighted by Gasteiger charge is 2.26. The molecule has 0 aliphatic heterocycles.